The quantitative estimate of drug-likeness (QED) is 0.786. The van der Waals surface area contributed by atoms with E-state index in [-0.39, 0.29) is 0 Å². The van der Waals surface area contributed by atoms with Crippen molar-refractivity contribution < 1.29 is 0 Å². The lowest BCUT2D eigenvalue weighted by atomic mass is 9.97. The molecule has 4 nitrogen and oxygen atoms in total. The maximum atomic E-state index is 4.43. The molecule has 0 saturated carbocycles. The highest BCUT2D eigenvalue weighted by molar-refractivity contribution is 5.50. The molecule has 17 heavy (non-hydrogen) atoms. The van der Waals surface area contributed by atoms with Gasteiger partial charge in [0.05, 0.1) is 0 Å². The van der Waals surface area contributed by atoms with Crippen LogP contribution in [0.1, 0.15) is 33.1 Å². The zero-order valence-corrected chi connectivity index (χ0v) is 11.2. The monoisotopic (exact) mass is 234 g/mol. The Hall–Kier alpha value is -1.32. The van der Waals surface area contributed by atoms with Crippen LogP contribution in [0, 0.1) is 0 Å². The fourth-order valence-corrected chi connectivity index (χ4v) is 2.60. The van der Waals surface area contributed by atoms with E-state index in [1.165, 1.54) is 19.3 Å². The molecular formula is C13H22N4. The minimum absolute atomic E-state index is 0.573. The van der Waals surface area contributed by atoms with Gasteiger partial charge >= 0.3 is 0 Å². The number of rotatable bonds is 2. The van der Waals surface area contributed by atoms with Gasteiger partial charge in [-0.1, -0.05) is 0 Å². The zero-order valence-electron chi connectivity index (χ0n) is 11.2. The zero-order chi connectivity index (χ0) is 12.4. The number of aromatic nitrogens is 2. The third-order valence-electron chi connectivity index (χ3n) is 3.55. The highest BCUT2D eigenvalue weighted by atomic mass is 15.3. The molecule has 0 radical (unpaired) electrons. The van der Waals surface area contributed by atoms with Crippen molar-refractivity contribution in [1.82, 2.24) is 9.97 Å². The minimum atomic E-state index is 0.573. The summed E-state index contributed by atoms with van der Waals surface area (Å²) in [5.74, 6) is 2.03. The molecular weight excluding hydrogens is 212 g/mol. The first-order valence-corrected chi connectivity index (χ1v) is 6.37. The van der Waals surface area contributed by atoms with E-state index >= 15 is 0 Å². The Morgan fingerprint density at radius 1 is 1.18 bits per heavy atom. The first kappa shape index (κ1) is 12.1. The van der Waals surface area contributed by atoms with Gasteiger partial charge in [-0.05, 0) is 33.1 Å². The normalized spacial score (nSPS) is 24.8. The van der Waals surface area contributed by atoms with E-state index in [9.17, 15) is 0 Å². The van der Waals surface area contributed by atoms with Gasteiger partial charge in [-0.2, -0.15) is 0 Å². The van der Waals surface area contributed by atoms with E-state index in [0.29, 0.717) is 12.1 Å². The summed E-state index contributed by atoms with van der Waals surface area (Å²) in [5.41, 5.74) is 0. The predicted octanol–water partition coefficient (Wildman–Crippen LogP) is 2.31. The Balaban J connectivity index is 2.28. The van der Waals surface area contributed by atoms with Gasteiger partial charge in [0.1, 0.15) is 18.0 Å². The fourth-order valence-electron chi connectivity index (χ4n) is 2.60. The largest absolute Gasteiger partial charge is 0.363 e. The van der Waals surface area contributed by atoms with Crippen LogP contribution >= 0.6 is 0 Å². The van der Waals surface area contributed by atoms with Crippen LogP contribution in [0.3, 0.4) is 0 Å². The van der Waals surface area contributed by atoms with Crippen molar-refractivity contribution in [2.75, 3.05) is 23.9 Å². The van der Waals surface area contributed by atoms with Crippen molar-refractivity contribution in [2.24, 2.45) is 0 Å². The Labute approximate surface area is 104 Å². The molecule has 2 unspecified atom stereocenters. The van der Waals surface area contributed by atoms with Crippen LogP contribution in [0.2, 0.25) is 0 Å². The van der Waals surface area contributed by atoms with Crippen molar-refractivity contribution in [3.63, 3.8) is 0 Å². The highest BCUT2D eigenvalue weighted by Gasteiger charge is 2.26. The summed E-state index contributed by atoms with van der Waals surface area (Å²) in [6.45, 7) is 4.57. The summed E-state index contributed by atoms with van der Waals surface area (Å²) in [6, 6.07) is 3.23. The first-order chi connectivity index (χ1) is 8.09. The van der Waals surface area contributed by atoms with Gasteiger partial charge in [0.2, 0.25) is 0 Å². The van der Waals surface area contributed by atoms with Crippen LogP contribution in [-0.4, -0.2) is 36.1 Å². The van der Waals surface area contributed by atoms with Gasteiger partial charge in [-0.25, -0.2) is 9.97 Å². The lowest BCUT2D eigenvalue weighted by Gasteiger charge is -2.40. The topological polar surface area (TPSA) is 32.3 Å². The molecule has 4 heteroatoms. The van der Waals surface area contributed by atoms with E-state index in [1.54, 1.807) is 6.33 Å². The Kier molecular flexibility index (Phi) is 3.50. The maximum Gasteiger partial charge on any atom is 0.134 e. The van der Waals surface area contributed by atoms with Gasteiger partial charge in [0.25, 0.3) is 0 Å². The SMILES string of the molecule is CC1CCCC(C)N1c1cc(N(C)C)ncn1. The third-order valence-corrected chi connectivity index (χ3v) is 3.55. The summed E-state index contributed by atoms with van der Waals surface area (Å²) in [5, 5.41) is 0. The molecule has 2 heterocycles. The second-order valence-electron chi connectivity index (χ2n) is 5.17. The molecule has 1 aromatic heterocycles. The molecule has 1 aliphatic heterocycles. The van der Waals surface area contributed by atoms with Crippen LogP contribution in [0.15, 0.2) is 12.4 Å². The molecule has 0 amide bonds. The Morgan fingerprint density at radius 3 is 2.41 bits per heavy atom. The van der Waals surface area contributed by atoms with Gasteiger partial charge in [-0.15, -0.1) is 0 Å². The molecule has 1 aromatic rings. The fraction of sp³-hybridized carbons (Fsp3) is 0.692. The Morgan fingerprint density at radius 2 is 1.82 bits per heavy atom. The lowest BCUT2D eigenvalue weighted by Crippen LogP contribution is -2.44. The molecule has 94 valence electrons. The molecule has 1 aliphatic rings. The van der Waals surface area contributed by atoms with E-state index in [0.717, 1.165) is 11.6 Å². The highest BCUT2D eigenvalue weighted by Crippen LogP contribution is 2.28. The van der Waals surface area contributed by atoms with Crippen molar-refractivity contribution in [1.29, 1.82) is 0 Å². The summed E-state index contributed by atoms with van der Waals surface area (Å²) in [7, 11) is 4.02. The van der Waals surface area contributed by atoms with E-state index in [2.05, 4.69) is 34.8 Å². The lowest BCUT2D eigenvalue weighted by molar-refractivity contribution is 0.411. The first-order valence-electron chi connectivity index (χ1n) is 6.37. The van der Waals surface area contributed by atoms with Crippen molar-refractivity contribution in [3.8, 4) is 0 Å². The molecule has 2 rings (SSSR count). The van der Waals surface area contributed by atoms with E-state index < -0.39 is 0 Å². The molecule has 1 saturated heterocycles. The van der Waals surface area contributed by atoms with Crippen molar-refractivity contribution in [3.05, 3.63) is 12.4 Å². The van der Waals surface area contributed by atoms with Gasteiger partial charge in [0, 0.05) is 32.2 Å². The third kappa shape index (κ3) is 2.51. The van der Waals surface area contributed by atoms with Crippen molar-refractivity contribution >= 4 is 11.6 Å². The van der Waals surface area contributed by atoms with E-state index in [4.69, 9.17) is 0 Å². The summed E-state index contributed by atoms with van der Waals surface area (Å²) >= 11 is 0. The molecule has 1 fully saturated rings. The minimum Gasteiger partial charge on any atom is -0.363 e. The molecule has 0 bridgehead atoms. The molecule has 2 atom stereocenters. The van der Waals surface area contributed by atoms with Crippen LogP contribution in [-0.2, 0) is 0 Å². The second kappa shape index (κ2) is 4.90. The van der Waals surface area contributed by atoms with Crippen LogP contribution in [0.4, 0.5) is 11.6 Å². The van der Waals surface area contributed by atoms with Gasteiger partial charge in [-0.3, -0.25) is 0 Å². The molecule has 0 spiro atoms. The molecule has 0 aromatic carbocycles. The van der Waals surface area contributed by atoms with Crippen LogP contribution in [0.5, 0.6) is 0 Å². The number of nitrogens with zero attached hydrogens (tertiary/aromatic N) is 4. The number of hydrogen-bond donors (Lipinski definition) is 0. The predicted molar refractivity (Wildman–Crippen MR) is 71.6 cm³/mol. The number of piperidine rings is 1. The smallest absolute Gasteiger partial charge is 0.134 e. The number of hydrogen-bond acceptors (Lipinski definition) is 4. The van der Waals surface area contributed by atoms with Gasteiger partial charge < -0.3 is 9.80 Å². The summed E-state index contributed by atoms with van der Waals surface area (Å²) in [6.07, 6.45) is 5.50. The summed E-state index contributed by atoms with van der Waals surface area (Å²) < 4.78 is 0. The average molecular weight is 234 g/mol. The standard InChI is InChI=1S/C13H22N4/c1-10-6-5-7-11(2)17(10)13-8-12(16(3)4)14-9-15-13/h8-11H,5-7H2,1-4H3. The van der Waals surface area contributed by atoms with E-state index in [1.807, 2.05) is 19.0 Å². The summed E-state index contributed by atoms with van der Waals surface area (Å²) in [4.78, 5) is 13.2. The van der Waals surface area contributed by atoms with Gasteiger partial charge in [0.15, 0.2) is 0 Å². The van der Waals surface area contributed by atoms with Crippen LogP contribution in [0.25, 0.3) is 0 Å². The maximum absolute atomic E-state index is 4.43. The van der Waals surface area contributed by atoms with Crippen LogP contribution < -0.4 is 9.80 Å². The Bertz CT molecular complexity index is 367. The molecule has 0 aliphatic carbocycles. The average Bonchev–Trinajstić information content (AvgIpc) is 2.29. The molecule has 0 N–H and O–H groups in total. The second-order valence-corrected chi connectivity index (χ2v) is 5.17. The van der Waals surface area contributed by atoms with Crippen molar-refractivity contribution in [2.45, 2.75) is 45.2 Å². The number of anilines is 2.